The monoisotopic (exact) mass is 241 g/mol. The lowest BCUT2D eigenvalue weighted by Gasteiger charge is -2.08. The highest BCUT2D eigenvalue weighted by atomic mass is 19.4. The summed E-state index contributed by atoms with van der Waals surface area (Å²) in [6, 6.07) is 4.27. The number of carboxylic acid groups (broad SMARTS) is 1. The van der Waals surface area contributed by atoms with Crippen molar-refractivity contribution in [1.29, 1.82) is 5.26 Å². The molecule has 0 aliphatic heterocycles. The number of benzene rings is 1. The van der Waals surface area contributed by atoms with Gasteiger partial charge < -0.3 is 5.11 Å². The van der Waals surface area contributed by atoms with Crippen LogP contribution in [0.5, 0.6) is 0 Å². The second-order valence-electron chi connectivity index (χ2n) is 3.09. The highest BCUT2D eigenvalue weighted by Crippen LogP contribution is 2.32. The van der Waals surface area contributed by atoms with Crippen molar-refractivity contribution in [2.45, 2.75) is 6.18 Å². The smallest absolute Gasteiger partial charge is 0.417 e. The van der Waals surface area contributed by atoms with E-state index in [0.29, 0.717) is 0 Å². The highest BCUT2D eigenvalue weighted by molar-refractivity contribution is 5.85. The van der Waals surface area contributed by atoms with E-state index in [1.54, 1.807) is 0 Å². The zero-order valence-corrected chi connectivity index (χ0v) is 8.32. The van der Waals surface area contributed by atoms with Crippen molar-refractivity contribution in [2.24, 2.45) is 0 Å². The lowest BCUT2D eigenvalue weighted by molar-refractivity contribution is -0.137. The number of halogens is 3. The van der Waals surface area contributed by atoms with E-state index in [2.05, 4.69) is 0 Å². The van der Waals surface area contributed by atoms with Gasteiger partial charge in [-0.25, -0.2) is 4.79 Å². The molecular weight excluding hydrogens is 235 g/mol. The van der Waals surface area contributed by atoms with Crippen LogP contribution in [0.1, 0.15) is 16.7 Å². The van der Waals surface area contributed by atoms with Gasteiger partial charge in [0.25, 0.3) is 0 Å². The standard InChI is InChI=1S/C11H6F3NO2/c12-11(13,14)9-3-1-7(2-4-10(16)17)5-8(9)6-15/h1-5H,(H,16,17)/b4-2+. The Morgan fingerprint density at radius 1 is 1.41 bits per heavy atom. The summed E-state index contributed by atoms with van der Waals surface area (Å²) in [7, 11) is 0. The Morgan fingerprint density at radius 3 is 2.53 bits per heavy atom. The average molecular weight is 241 g/mol. The molecule has 6 heteroatoms. The van der Waals surface area contributed by atoms with Crippen LogP contribution in [0.15, 0.2) is 24.3 Å². The first-order chi connectivity index (χ1) is 7.84. The molecule has 0 fully saturated rings. The Bertz CT molecular complexity index is 512. The van der Waals surface area contributed by atoms with Crippen molar-refractivity contribution in [1.82, 2.24) is 0 Å². The van der Waals surface area contributed by atoms with Crippen LogP contribution < -0.4 is 0 Å². The maximum absolute atomic E-state index is 12.4. The SMILES string of the molecule is N#Cc1cc(/C=C/C(=O)O)ccc1C(F)(F)F. The normalized spacial score (nSPS) is 11.4. The van der Waals surface area contributed by atoms with Crippen molar-refractivity contribution in [2.75, 3.05) is 0 Å². The second-order valence-corrected chi connectivity index (χ2v) is 3.09. The number of rotatable bonds is 2. The van der Waals surface area contributed by atoms with Gasteiger partial charge in [0, 0.05) is 6.08 Å². The molecule has 1 N–H and O–H groups in total. The number of aliphatic carboxylic acids is 1. The quantitative estimate of drug-likeness (QED) is 0.809. The van der Waals surface area contributed by atoms with E-state index in [0.717, 1.165) is 30.4 Å². The number of nitrogens with zero attached hydrogens (tertiary/aromatic N) is 1. The summed E-state index contributed by atoms with van der Waals surface area (Å²) in [5.41, 5.74) is -1.35. The molecule has 0 bridgehead atoms. The molecule has 0 atom stereocenters. The number of carbonyl (C=O) groups is 1. The first-order valence-electron chi connectivity index (χ1n) is 4.37. The average Bonchev–Trinajstić information content (AvgIpc) is 2.24. The van der Waals surface area contributed by atoms with Crippen LogP contribution in [-0.4, -0.2) is 11.1 Å². The molecule has 0 saturated carbocycles. The molecule has 3 nitrogen and oxygen atoms in total. The summed E-state index contributed by atoms with van der Waals surface area (Å²) >= 11 is 0. The third-order valence-electron chi connectivity index (χ3n) is 1.89. The number of alkyl halides is 3. The number of hydrogen-bond acceptors (Lipinski definition) is 2. The minimum atomic E-state index is -4.60. The summed E-state index contributed by atoms with van der Waals surface area (Å²) in [5.74, 6) is -1.22. The van der Waals surface area contributed by atoms with Crippen molar-refractivity contribution >= 4 is 12.0 Å². The molecule has 0 aliphatic carbocycles. The lowest BCUT2D eigenvalue weighted by Crippen LogP contribution is -2.07. The van der Waals surface area contributed by atoms with Crippen LogP contribution in [-0.2, 0) is 11.0 Å². The number of nitriles is 1. The highest BCUT2D eigenvalue weighted by Gasteiger charge is 2.33. The molecule has 1 aromatic carbocycles. The maximum Gasteiger partial charge on any atom is 0.417 e. The van der Waals surface area contributed by atoms with Gasteiger partial charge >= 0.3 is 12.1 Å². The van der Waals surface area contributed by atoms with Crippen LogP contribution in [0.25, 0.3) is 6.08 Å². The molecule has 0 unspecified atom stereocenters. The first-order valence-corrected chi connectivity index (χ1v) is 4.37. The lowest BCUT2D eigenvalue weighted by atomic mass is 10.0. The minimum Gasteiger partial charge on any atom is -0.478 e. The fraction of sp³-hybridized carbons (Fsp3) is 0.0909. The molecule has 17 heavy (non-hydrogen) atoms. The van der Waals surface area contributed by atoms with Gasteiger partial charge in [-0.3, -0.25) is 0 Å². The van der Waals surface area contributed by atoms with E-state index >= 15 is 0 Å². The van der Waals surface area contributed by atoms with Gasteiger partial charge in [0.1, 0.15) is 0 Å². The Hall–Kier alpha value is -2.29. The first kappa shape index (κ1) is 12.8. The summed E-state index contributed by atoms with van der Waals surface area (Å²) < 4.78 is 37.3. The third-order valence-corrected chi connectivity index (χ3v) is 1.89. The van der Waals surface area contributed by atoms with Crippen molar-refractivity contribution < 1.29 is 23.1 Å². The Balaban J connectivity index is 3.19. The molecule has 0 aromatic heterocycles. The number of carboxylic acids is 1. The summed E-state index contributed by atoms with van der Waals surface area (Å²) in [6.45, 7) is 0. The zero-order valence-electron chi connectivity index (χ0n) is 8.32. The number of hydrogen-bond donors (Lipinski definition) is 1. The van der Waals surface area contributed by atoms with Crippen LogP contribution in [0, 0.1) is 11.3 Å². The van der Waals surface area contributed by atoms with Crippen LogP contribution in [0.2, 0.25) is 0 Å². The molecule has 1 aromatic rings. The molecule has 88 valence electrons. The van der Waals surface area contributed by atoms with E-state index in [1.807, 2.05) is 0 Å². The van der Waals surface area contributed by atoms with E-state index in [4.69, 9.17) is 10.4 Å². The minimum absolute atomic E-state index is 0.219. The van der Waals surface area contributed by atoms with E-state index in [9.17, 15) is 18.0 Å². The predicted octanol–water partition coefficient (Wildman–Crippen LogP) is 2.67. The van der Waals surface area contributed by atoms with Gasteiger partial charge in [-0.1, -0.05) is 6.07 Å². The molecule has 0 aliphatic rings. The fourth-order valence-corrected chi connectivity index (χ4v) is 1.17. The molecule has 0 spiro atoms. The van der Waals surface area contributed by atoms with Gasteiger partial charge in [-0.05, 0) is 23.8 Å². The van der Waals surface area contributed by atoms with Crippen molar-refractivity contribution in [3.63, 3.8) is 0 Å². The van der Waals surface area contributed by atoms with Gasteiger partial charge in [0.15, 0.2) is 0 Å². The molecule has 0 saturated heterocycles. The predicted molar refractivity (Wildman–Crippen MR) is 52.8 cm³/mol. The van der Waals surface area contributed by atoms with Gasteiger partial charge in [-0.15, -0.1) is 0 Å². The van der Waals surface area contributed by atoms with Gasteiger partial charge in [0.2, 0.25) is 0 Å². The Kier molecular flexibility index (Phi) is 3.53. The molecule has 0 radical (unpaired) electrons. The molecular formula is C11H6F3NO2. The van der Waals surface area contributed by atoms with E-state index < -0.39 is 23.3 Å². The molecule has 0 heterocycles. The topological polar surface area (TPSA) is 61.1 Å². The molecule has 0 amide bonds. The van der Waals surface area contributed by atoms with Crippen molar-refractivity contribution in [3.05, 3.63) is 41.0 Å². The van der Waals surface area contributed by atoms with Crippen LogP contribution >= 0.6 is 0 Å². The maximum atomic E-state index is 12.4. The zero-order chi connectivity index (χ0) is 13.1. The van der Waals surface area contributed by atoms with Crippen molar-refractivity contribution in [3.8, 4) is 6.07 Å². The largest absolute Gasteiger partial charge is 0.478 e. The van der Waals surface area contributed by atoms with E-state index in [1.165, 1.54) is 6.07 Å². The fourth-order valence-electron chi connectivity index (χ4n) is 1.17. The Morgan fingerprint density at radius 2 is 2.06 bits per heavy atom. The summed E-state index contributed by atoms with van der Waals surface area (Å²) in [4.78, 5) is 10.2. The van der Waals surface area contributed by atoms with Crippen LogP contribution in [0.3, 0.4) is 0 Å². The van der Waals surface area contributed by atoms with E-state index in [-0.39, 0.29) is 5.56 Å². The third kappa shape index (κ3) is 3.34. The molecule has 1 rings (SSSR count). The summed E-state index contributed by atoms with van der Waals surface area (Å²) in [5, 5.41) is 16.9. The van der Waals surface area contributed by atoms with Gasteiger partial charge in [0.05, 0.1) is 17.2 Å². The Labute approximate surface area is 94.4 Å². The van der Waals surface area contributed by atoms with Crippen LogP contribution in [0.4, 0.5) is 13.2 Å². The van der Waals surface area contributed by atoms with Gasteiger partial charge in [-0.2, -0.15) is 18.4 Å². The summed E-state index contributed by atoms with van der Waals surface area (Å²) in [6.07, 6.45) is -2.70. The second kappa shape index (κ2) is 4.70.